The molecule has 0 bridgehead atoms. The van der Waals surface area contributed by atoms with Crippen molar-refractivity contribution in [2.24, 2.45) is 5.73 Å². The number of hydrogen-bond acceptors (Lipinski definition) is 4. The van der Waals surface area contributed by atoms with Crippen molar-refractivity contribution >= 4 is 27.7 Å². The molecule has 0 fully saturated rings. The Hall–Kier alpha value is -0.910. The van der Waals surface area contributed by atoms with Crippen molar-refractivity contribution in [2.45, 2.75) is 10.3 Å². The Balaban J connectivity index is 2.14. The van der Waals surface area contributed by atoms with Gasteiger partial charge in [0.1, 0.15) is 6.33 Å². The van der Waals surface area contributed by atoms with Gasteiger partial charge in [-0.3, -0.25) is 0 Å². The Morgan fingerprint density at radius 3 is 2.59 bits per heavy atom. The minimum Gasteiger partial charge on any atom is -0.329 e. The number of rotatable bonds is 4. The van der Waals surface area contributed by atoms with Gasteiger partial charge in [-0.15, -0.1) is 0 Å². The lowest BCUT2D eigenvalue weighted by Gasteiger charge is -2.14. The highest BCUT2D eigenvalue weighted by Gasteiger charge is 2.11. The van der Waals surface area contributed by atoms with E-state index >= 15 is 0 Å². The molecule has 1 aromatic heterocycles. The standard InChI is InChI=1S/C12H12BrN3S/c13-10-3-1-9(2-4-10)11(7-14)17-12-5-6-15-8-16-12/h1-6,8,11H,7,14H2. The molecule has 2 aromatic rings. The largest absolute Gasteiger partial charge is 0.329 e. The summed E-state index contributed by atoms with van der Waals surface area (Å²) in [6, 6.07) is 10.1. The molecule has 1 heterocycles. The van der Waals surface area contributed by atoms with Gasteiger partial charge in [-0.05, 0) is 23.8 Å². The van der Waals surface area contributed by atoms with Gasteiger partial charge in [0.05, 0.1) is 5.03 Å². The van der Waals surface area contributed by atoms with Gasteiger partial charge in [-0.2, -0.15) is 0 Å². The molecule has 0 aliphatic carbocycles. The molecule has 88 valence electrons. The van der Waals surface area contributed by atoms with E-state index in [0.717, 1.165) is 9.50 Å². The molecular weight excluding hydrogens is 298 g/mol. The number of nitrogens with zero attached hydrogens (tertiary/aromatic N) is 2. The lowest BCUT2D eigenvalue weighted by molar-refractivity contribution is 0.930. The molecule has 3 nitrogen and oxygen atoms in total. The highest BCUT2D eigenvalue weighted by Crippen LogP contribution is 2.33. The molecule has 1 unspecified atom stereocenters. The van der Waals surface area contributed by atoms with Crippen molar-refractivity contribution in [2.75, 3.05) is 6.54 Å². The molecule has 2 N–H and O–H groups in total. The summed E-state index contributed by atoms with van der Waals surface area (Å²) >= 11 is 5.08. The van der Waals surface area contributed by atoms with Gasteiger partial charge in [0, 0.05) is 22.5 Å². The van der Waals surface area contributed by atoms with Crippen LogP contribution in [0, 0.1) is 0 Å². The van der Waals surface area contributed by atoms with E-state index in [9.17, 15) is 0 Å². The van der Waals surface area contributed by atoms with Crippen molar-refractivity contribution in [3.05, 3.63) is 52.9 Å². The molecule has 2 rings (SSSR count). The van der Waals surface area contributed by atoms with E-state index in [-0.39, 0.29) is 5.25 Å². The zero-order valence-electron chi connectivity index (χ0n) is 9.08. The van der Waals surface area contributed by atoms with Crippen LogP contribution >= 0.6 is 27.7 Å². The summed E-state index contributed by atoms with van der Waals surface area (Å²) < 4.78 is 1.07. The van der Waals surface area contributed by atoms with Gasteiger partial charge in [0.25, 0.3) is 0 Å². The zero-order chi connectivity index (χ0) is 12.1. The Labute approximate surface area is 113 Å². The Bertz CT molecular complexity index is 461. The fourth-order valence-electron chi connectivity index (χ4n) is 1.42. The van der Waals surface area contributed by atoms with E-state index in [1.54, 1.807) is 24.3 Å². The van der Waals surface area contributed by atoms with E-state index in [2.05, 4.69) is 38.0 Å². The molecule has 0 spiro atoms. The van der Waals surface area contributed by atoms with Crippen LogP contribution in [0.3, 0.4) is 0 Å². The van der Waals surface area contributed by atoms with Crippen molar-refractivity contribution in [1.82, 2.24) is 9.97 Å². The van der Waals surface area contributed by atoms with Crippen molar-refractivity contribution in [1.29, 1.82) is 0 Å². The molecule has 0 amide bonds. The monoisotopic (exact) mass is 309 g/mol. The predicted molar refractivity (Wildman–Crippen MR) is 73.8 cm³/mol. The SMILES string of the molecule is NCC(Sc1ccncn1)c1ccc(Br)cc1. The first-order valence-corrected chi connectivity index (χ1v) is 6.85. The van der Waals surface area contributed by atoms with Gasteiger partial charge < -0.3 is 5.73 Å². The van der Waals surface area contributed by atoms with E-state index in [4.69, 9.17) is 5.73 Å². The summed E-state index contributed by atoms with van der Waals surface area (Å²) in [5, 5.41) is 1.16. The molecule has 1 atom stereocenters. The third-order valence-corrected chi connectivity index (χ3v) is 4.03. The second kappa shape index (κ2) is 6.14. The lowest BCUT2D eigenvalue weighted by atomic mass is 10.1. The molecule has 0 aliphatic rings. The van der Waals surface area contributed by atoms with Crippen molar-refractivity contribution < 1.29 is 0 Å². The first kappa shape index (κ1) is 12.5. The second-order valence-electron chi connectivity index (χ2n) is 3.44. The Kier molecular flexibility index (Phi) is 4.53. The summed E-state index contributed by atoms with van der Waals surface area (Å²) in [6.45, 7) is 0.580. The smallest absolute Gasteiger partial charge is 0.116 e. The van der Waals surface area contributed by atoms with Crippen LogP contribution in [-0.4, -0.2) is 16.5 Å². The number of thioether (sulfide) groups is 1. The highest BCUT2D eigenvalue weighted by molar-refractivity contribution is 9.10. The maximum atomic E-state index is 5.81. The van der Waals surface area contributed by atoms with Crippen LogP contribution < -0.4 is 5.73 Å². The van der Waals surface area contributed by atoms with E-state index < -0.39 is 0 Å². The minimum atomic E-state index is 0.220. The second-order valence-corrected chi connectivity index (χ2v) is 5.58. The molecule has 1 aromatic carbocycles. The van der Waals surface area contributed by atoms with Crippen LogP contribution in [0.2, 0.25) is 0 Å². The summed E-state index contributed by atoms with van der Waals surface area (Å²) in [6.07, 6.45) is 3.29. The third kappa shape index (κ3) is 3.52. The number of hydrogen-bond donors (Lipinski definition) is 1. The number of nitrogens with two attached hydrogens (primary N) is 1. The molecule has 17 heavy (non-hydrogen) atoms. The third-order valence-electron chi connectivity index (χ3n) is 2.27. The Morgan fingerprint density at radius 2 is 2.00 bits per heavy atom. The molecule has 0 saturated carbocycles. The molecule has 0 radical (unpaired) electrons. The predicted octanol–water partition coefficient (Wildman–Crippen LogP) is 3.03. The van der Waals surface area contributed by atoms with Crippen LogP contribution in [-0.2, 0) is 0 Å². The van der Waals surface area contributed by atoms with Gasteiger partial charge in [0.2, 0.25) is 0 Å². The fourth-order valence-corrected chi connectivity index (χ4v) is 2.62. The topological polar surface area (TPSA) is 51.8 Å². The number of aromatic nitrogens is 2. The van der Waals surface area contributed by atoms with Crippen LogP contribution in [0.5, 0.6) is 0 Å². The number of benzene rings is 1. The van der Waals surface area contributed by atoms with E-state index in [0.29, 0.717) is 6.54 Å². The summed E-state index contributed by atoms with van der Waals surface area (Å²) in [5.41, 5.74) is 7.02. The molecule has 0 aliphatic heterocycles. The van der Waals surface area contributed by atoms with Crippen LogP contribution in [0.25, 0.3) is 0 Å². The highest BCUT2D eigenvalue weighted by atomic mass is 79.9. The molecular formula is C12H12BrN3S. The number of halogens is 1. The maximum Gasteiger partial charge on any atom is 0.116 e. The summed E-state index contributed by atoms with van der Waals surface area (Å²) in [5.74, 6) is 0. The van der Waals surface area contributed by atoms with E-state index in [1.165, 1.54) is 5.56 Å². The van der Waals surface area contributed by atoms with Crippen molar-refractivity contribution in [3.63, 3.8) is 0 Å². The normalized spacial score (nSPS) is 12.4. The first-order valence-electron chi connectivity index (χ1n) is 5.18. The Morgan fingerprint density at radius 1 is 1.24 bits per heavy atom. The van der Waals surface area contributed by atoms with Gasteiger partial charge >= 0.3 is 0 Å². The minimum absolute atomic E-state index is 0.220. The fraction of sp³-hybridized carbons (Fsp3) is 0.167. The maximum absolute atomic E-state index is 5.81. The average molecular weight is 310 g/mol. The molecule has 0 saturated heterocycles. The summed E-state index contributed by atoms with van der Waals surface area (Å²) in [7, 11) is 0. The average Bonchev–Trinajstić information content (AvgIpc) is 2.38. The lowest BCUT2D eigenvalue weighted by Crippen LogP contribution is -2.09. The van der Waals surface area contributed by atoms with Gasteiger partial charge in [0.15, 0.2) is 0 Å². The van der Waals surface area contributed by atoms with Crippen LogP contribution in [0.1, 0.15) is 10.8 Å². The summed E-state index contributed by atoms with van der Waals surface area (Å²) in [4.78, 5) is 8.10. The van der Waals surface area contributed by atoms with Crippen molar-refractivity contribution in [3.8, 4) is 0 Å². The van der Waals surface area contributed by atoms with E-state index in [1.807, 2.05) is 18.2 Å². The van der Waals surface area contributed by atoms with Crippen LogP contribution in [0.4, 0.5) is 0 Å². The first-order chi connectivity index (χ1) is 8.29. The quantitative estimate of drug-likeness (QED) is 0.696. The zero-order valence-corrected chi connectivity index (χ0v) is 11.5. The van der Waals surface area contributed by atoms with Crippen LogP contribution in [0.15, 0.2) is 52.4 Å². The van der Waals surface area contributed by atoms with Gasteiger partial charge in [-0.1, -0.05) is 39.8 Å². The molecule has 5 heteroatoms. The van der Waals surface area contributed by atoms with Gasteiger partial charge in [-0.25, -0.2) is 9.97 Å².